The molecule has 0 unspecified atom stereocenters. The molecule has 144 valence electrons. The number of benzene rings is 1. The van der Waals surface area contributed by atoms with Gasteiger partial charge in [-0.25, -0.2) is 14.4 Å². The maximum atomic E-state index is 14.0. The minimum absolute atomic E-state index is 0.156. The topological polar surface area (TPSA) is 42.9 Å². The standard InChI is InChI=1S/C22H21FN2OS2/c1-12-6-9-15-18(10-12)28-22-19(15)21(24-20(25-22)13-7-8-13)27-11-17(26)14-4-2-3-5-16(14)23/h2-5,12-13H,6-11H2,1H3/t12-/m0/s1. The minimum atomic E-state index is -0.457. The highest BCUT2D eigenvalue weighted by Gasteiger charge is 2.30. The van der Waals surface area contributed by atoms with Crippen molar-refractivity contribution in [3.8, 4) is 0 Å². The van der Waals surface area contributed by atoms with Crippen LogP contribution in [0.4, 0.5) is 4.39 Å². The van der Waals surface area contributed by atoms with Gasteiger partial charge in [-0.05, 0) is 55.7 Å². The highest BCUT2D eigenvalue weighted by molar-refractivity contribution is 8.00. The van der Waals surface area contributed by atoms with Crippen LogP contribution in [0.5, 0.6) is 0 Å². The third kappa shape index (κ3) is 3.37. The molecule has 0 saturated heterocycles. The van der Waals surface area contributed by atoms with E-state index in [9.17, 15) is 9.18 Å². The van der Waals surface area contributed by atoms with E-state index in [-0.39, 0.29) is 17.1 Å². The molecule has 2 heterocycles. The number of rotatable bonds is 5. The molecular formula is C22H21FN2OS2. The molecule has 0 bridgehead atoms. The number of Topliss-reactive ketones (excluding diaryl/α,β-unsaturated/α-hetero) is 1. The molecule has 2 aliphatic carbocycles. The zero-order chi connectivity index (χ0) is 19.3. The van der Waals surface area contributed by atoms with Crippen LogP contribution < -0.4 is 0 Å². The molecule has 3 nitrogen and oxygen atoms in total. The van der Waals surface area contributed by atoms with Gasteiger partial charge in [-0.2, -0.15) is 0 Å². The maximum absolute atomic E-state index is 14.0. The average Bonchev–Trinajstić information content (AvgIpc) is 3.47. The number of halogens is 1. The second-order valence-corrected chi connectivity index (χ2v) is 9.93. The molecule has 2 aromatic heterocycles. The van der Waals surface area contributed by atoms with E-state index in [0.717, 1.165) is 46.8 Å². The van der Waals surface area contributed by atoms with Crippen molar-refractivity contribution in [3.05, 3.63) is 51.9 Å². The number of hydrogen-bond donors (Lipinski definition) is 0. The number of carbonyl (C=O) groups excluding carboxylic acids is 1. The van der Waals surface area contributed by atoms with Gasteiger partial charge in [0, 0.05) is 16.2 Å². The van der Waals surface area contributed by atoms with Crippen molar-refractivity contribution in [2.75, 3.05) is 5.75 Å². The average molecular weight is 413 g/mol. The third-order valence-electron chi connectivity index (χ3n) is 5.60. The summed E-state index contributed by atoms with van der Waals surface area (Å²) in [5, 5.41) is 2.05. The summed E-state index contributed by atoms with van der Waals surface area (Å²) in [6.07, 6.45) is 5.63. The summed E-state index contributed by atoms with van der Waals surface area (Å²) in [4.78, 5) is 24.8. The maximum Gasteiger partial charge on any atom is 0.176 e. The van der Waals surface area contributed by atoms with Crippen LogP contribution in [0.3, 0.4) is 0 Å². The summed E-state index contributed by atoms with van der Waals surface area (Å²) in [6.45, 7) is 2.30. The number of thiophene rings is 1. The van der Waals surface area contributed by atoms with E-state index >= 15 is 0 Å². The van der Waals surface area contributed by atoms with Crippen molar-refractivity contribution in [2.45, 2.75) is 50.0 Å². The Balaban J connectivity index is 1.50. The number of fused-ring (bicyclic) bond motifs is 3. The summed E-state index contributed by atoms with van der Waals surface area (Å²) in [5.74, 6) is 1.62. The lowest BCUT2D eigenvalue weighted by Crippen LogP contribution is -2.09. The molecule has 2 aliphatic rings. The number of aryl methyl sites for hydroxylation is 1. The molecule has 1 atom stereocenters. The van der Waals surface area contributed by atoms with Gasteiger partial charge in [-0.15, -0.1) is 11.3 Å². The molecule has 0 aliphatic heterocycles. The normalized spacial score (nSPS) is 19.0. The monoisotopic (exact) mass is 412 g/mol. The number of hydrogen-bond acceptors (Lipinski definition) is 5. The fraction of sp³-hybridized carbons (Fsp3) is 0.409. The van der Waals surface area contributed by atoms with Gasteiger partial charge in [-0.1, -0.05) is 30.8 Å². The highest BCUT2D eigenvalue weighted by atomic mass is 32.2. The van der Waals surface area contributed by atoms with Gasteiger partial charge < -0.3 is 0 Å². The third-order valence-corrected chi connectivity index (χ3v) is 7.72. The van der Waals surface area contributed by atoms with E-state index in [1.807, 2.05) is 0 Å². The Morgan fingerprint density at radius 3 is 2.86 bits per heavy atom. The van der Waals surface area contributed by atoms with Crippen LogP contribution >= 0.6 is 23.1 Å². The van der Waals surface area contributed by atoms with Crippen molar-refractivity contribution in [3.63, 3.8) is 0 Å². The van der Waals surface area contributed by atoms with E-state index in [1.54, 1.807) is 29.5 Å². The van der Waals surface area contributed by atoms with Gasteiger partial charge in [0.05, 0.1) is 11.3 Å². The Bertz CT molecular complexity index is 1070. The molecule has 28 heavy (non-hydrogen) atoms. The molecule has 3 aromatic rings. The van der Waals surface area contributed by atoms with E-state index in [4.69, 9.17) is 9.97 Å². The number of carbonyl (C=O) groups is 1. The lowest BCUT2D eigenvalue weighted by molar-refractivity contribution is 0.101. The fourth-order valence-corrected chi connectivity index (χ4v) is 6.25. The van der Waals surface area contributed by atoms with Crippen molar-refractivity contribution in [2.24, 2.45) is 5.92 Å². The number of ketones is 1. The van der Waals surface area contributed by atoms with Crippen LogP contribution in [0.15, 0.2) is 29.3 Å². The van der Waals surface area contributed by atoms with E-state index in [0.29, 0.717) is 11.8 Å². The van der Waals surface area contributed by atoms with Crippen molar-refractivity contribution < 1.29 is 9.18 Å². The first-order valence-corrected chi connectivity index (χ1v) is 11.6. The molecule has 0 N–H and O–H groups in total. The number of nitrogens with zero attached hydrogens (tertiary/aromatic N) is 2. The van der Waals surface area contributed by atoms with E-state index in [2.05, 4.69) is 6.92 Å². The summed E-state index contributed by atoms with van der Waals surface area (Å²) in [7, 11) is 0. The second-order valence-electron chi connectivity index (χ2n) is 7.88. The molecular weight excluding hydrogens is 391 g/mol. The molecule has 0 amide bonds. The van der Waals surface area contributed by atoms with Crippen LogP contribution in [-0.4, -0.2) is 21.5 Å². The van der Waals surface area contributed by atoms with Crippen LogP contribution in [0.2, 0.25) is 0 Å². The van der Waals surface area contributed by atoms with Crippen LogP contribution in [0, 0.1) is 11.7 Å². The SMILES string of the molecule is C[C@H]1CCc2c(sc3nc(C4CC4)nc(SCC(=O)c4ccccc4F)c23)C1. The molecule has 1 fully saturated rings. The summed E-state index contributed by atoms with van der Waals surface area (Å²) in [5.41, 5.74) is 1.53. The zero-order valence-corrected chi connectivity index (χ0v) is 17.3. The Morgan fingerprint density at radius 1 is 1.25 bits per heavy atom. The molecule has 1 aromatic carbocycles. The minimum Gasteiger partial charge on any atom is -0.293 e. The van der Waals surface area contributed by atoms with Crippen molar-refractivity contribution in [1.82, 2.24) is 9.97 Å². The van der Waals surface area contributed by atoms with Crippen LogP contribution in [0.1, 0.15) is 58.7 Å². The van der Waals surface area contributed by atoms with Crippen molar-refractivity contribution >= 4 is 39.1 Å². The number of thioether (sulfide) groups is 1. The summed E-state index contributed by atoms with van der Waals surface area (Å²) in [6, 6.07) is 6.19. The fourth-order valence-electron chi connectivity index (χ4n) is 3.85. The molecule has 6 heteroatoms. The summed E-state index contributed by atoms with van der Waals surface area (Å²) >= 11 is 3.24. The lowest BCUT2D eigenvalue weighted by Gasteiger charge is -2.18. The first-order valence-electron chi connectivity index (χ1n) is 9.83. The number of aromatic nitrogens is 2. The first-order chi connectivity index (χ1) is 13.6. The van der Waals surface area contributed by atoms with Gasteiger partial charge in [-0.3, -0.25) is 4.79 Å². The summed E-state index contributed by atoms with van der Waals surface area (Å²) < 4.78 is 14.0. The van der Waals surface area contributed by atoms with Gasteiger partial charge in [0.2, 0.25) is 0 Å². The van der Waals surface area contributed by atoms with Crippen molar-refractivity contribution in [1.29, 1.82) is 0 Å². The Hall–Kier alpha value is -1.79. The molecule has 5 rings (SSSR count). The van der Waals surface area contributed by atoms with Gasteiger partial charge in [0.15, 0.2) is 5.78 Å². The zero-order valence-electron chi connectivity index (χ0n) is 15.7. The van der Waals surface area contributed by atoms with Crippen LogP contribution in [0.25, 0.3) is 10.2 Å². The lowest BCUT2D eigenvalue weighted by atomic mass is 9.89. The Morgan fingerprint density at radius 2 is 2.07 bits per heavy atom. The van der Waals surface area contributed by atoms with E-state index < -0.39 is 5.82 Å². The Kier molecular flexibility index (Phi) is 4.71. The molecule has 0 spiro atoms. The second kappa shape index (κ2) is 7.23. The van der Waals surface area contributed by atoms with Gasteiger partial charge >= 0.3 is 0 Å². The first kappa shape index (κ1) is 18.3. The molecule has 0 radical (unpaired) electrons. The van der Waals surface area contributed by atoms with E-state index in [1.165, 1.54) is 34.7 Å². The Labute approximate surface area is 171 Å². The van der Waals surface area contributed by atoms with Gasteiger partial charge in [0.25, 0.3) is 0 Å². The molecule has 1 saturated carbocycles. The van der Waals surface area contributed by atoms with Crippen LogP contribution in [-0.2, 0) is 12.8 Å². The smallest absolute Gasteiger partial charge is 0.176 e. The van der Waals surface area contributed by atoms with Gasteiger partial charge in [0.1, 0.15) is 21.5 Å². The predicted octanol–water partition coefficient (Wildman–Crippen LogP) is 5.81. The predicted molar refractivity (Wildman–Crippen MR) is 112 cm³/mol. The largest absolute Gasteiger partial charge is 0.293 e. The quantitative estimate of drug-likeness (QED) is 0.301. The highest BCUT2D eigenvalue weighted by Crippen LogP contribution is 2.44.